The fourth-order valence-corrected chi connectivity index (χ4v) is 3.75. The number of hydrogen-bond donors (Lipinski definition) is 2. The average Bonchev–Trinajstić information content (AvgIpc) is 2.77. The minimum atomic E-state index is -1.71. The van der Waals surface area contributed by atoms with Crippen molar-refractivity contribution in [3.63, 3.8) is 0 Å². The van der Waals surface area contributed by atoms with Gasteiger partial charge in [0, 0.05) is 19.0 Å². The van der Waals surface area contributed by atoms with Crippen LogP contribution in [0.1, 0.15) is 35.7 Å². The molecular formula is C22H24N2O8. The van der Waals surface area contributed by atoms with Gasteiger partial charge in [-0.1, -0.05) is 30.3 Å². The molecule has 1 amide bonds. The summed E-state index contributed by atoms with van der Waals surface area (Å²) in [4.78, 5) is 37.3. The summed E-state index contributed by atoms with van der Waals surface area (Å²) in [6, 6.07) is 11.5. The topological polar surface area (TPSA) is 139 Å². The van der Waals surface area contributed by atoms with Crippen LogP contribution in [0.15, 0.2) is 42.5 Å². The number of carbonyl (C=O) groups is 2. The number of likely N-dealkylation sites (tertiary alicyclic amines) is 1. The number of methoxy groups -OCH3 is 1. The van der Waals surface area contributed by atoms with Crippen LogP contribution in [0.4, 0.5) is 5.69 Å². The van der Waals surface area contributed by atoms with Gasteiger partial charge in [0.2, 0.25) is 0 Å². The van der Waals surface area contributed by atoms with Gasteiger partial charge in [-0.3, -0.25) is 14.9 Å². The number of carbonyl (C=O) groups excluding carboxylic acids is 1. The van der Waals surface area contributed by atoms with Crippen molar-refractivity contribution in [1.82, 2.24) is 4.90 Å². The van der Waals surface area contributed by atoms with Gasteiger partial charge in [-0.2, -0.15) is 0 Å². The molecule has 1 aliphatic heterocycles. The Labute approximate surface area is 184 Å². The number of piperidine rings is 1. The third kappa shape index (κ3) is 4.50. The minimum Gasteiger partial charge on any atom is -0.493 e. The van der Waals surface area contributed by atoms with Crippen LogP contribution in [0.2, 0.25) is 0 Å². The average molecular weight is 444 g/mol. The van der Waals surface area contributed by atoms with Gasteiger partial charge < -0.3 is 24.6 Å². The molecule has 3 rings (SSSR count). The van der Waals surface area contributed by atoms with Gasteiger partial charge in [0.25, 0.3) is 11.6 Å². The summed E-state index contributed by atoms with van der Waals surface area (Å²) < 4.78 is 11.0. The first-order valence-corrected chi connectivity index (χ1v) is 9.94. The first-order valence-electron chi connectivity index (χ1n) is 9.94. The number of benzene rings is 2. The lowest BCUT2D eigenvalue weighted by Crippen LogP contribution is -2.60. The summed E-state index contributed by atoms with van der Waals surface area (Å²) in [6.45, 7) is 1.38. The van der Waals surface area contributed by atoms with Crippen molar-refractivity contribution in [3.8, 4) is 11.5 Å². The molecule has 0 bridgehead atoms. The molecule has 170 valence electrons. The fraction of sp³-hybridized carbons (Fsp3) is 0.364. The zero-order valence-corrected chi connectivity index (χ0v) is 17.7. The van der Waals surface area contributed by atoms with E-state index in [2.05, 4.69) is 0 Å². The zero-order valence-electron chi connectivity index (χ0n) is 17.7. The number of aliphatic hydroxyl groups is 1. The van der Waals surface area contributed by atoms with Crippen molar-refractivity contribution in [1.29, 1.82) is 0 Å². The number of rotatable bonds is 7. The lowest BCUT2D eigenvalue weighted by molar-refractivity contribution is -0.385. The van der Waals surface area contributed by atoms with E-state index in [-0.39, 0.29) is 43.1 Å². The minimum absolute atomic E-state index is 0.0610. The van der Waals surface area contributed by atoms with Crippen molar-refractivity contribution in [2.24, 2.45) is 0 Å². The van der Waals surface area contributed by atoms with E-state index in [9.17, 15) is 29.9 Å². The highest BCUT2D eigenvalue weighted by atomic mass is 16.6. The van der Waals surface area contributed by atoms with Crippen LogP contribution in [0, 0.1) is 10.1 Å². The Balaban J connectivity index is 1.99. The van der Waals surface area contributed by atoms with E-state index in [1.807, 2.05) is 30.3 Å². The molecule has 1 heterocycles. The maximum absolute atomic E-state index is 13.3. The molecule has 1 fully saturated rings. The SMILES string of the molecule is COc1cc(C(=O)N2CC[C@H](O)C[C@@]2(C)C(=O)O)c([N+](=O)[O-])cc1OCc1ccccc1. The predicted molar refractivity (Wildman–Crippen MR) is 113 cm³/mol. The standard InChI is InChI=1S/C22H24N2O8/c1-22(21(27)28)12-15(25)8-9-23(22)20(26)16-10-18(31-2)19(11-17(16)24(29)30)32-13-14-6-4-3-5-7-14/h3-7,10-11,15,25H,8-9,12-13H2,1-2H3,(H,27,28)/t15-,22-/m0/s1. The van der Waals surface area contributed by atoms with Crippen LogP contribution in [-0.2, 0) is 11.4 Å². The Morgan fingerprint density at radius 1 is 1.25 bits per heavy atom. The lowest BCUT2D eigenvalue weighted by Gasteiger charge is -2.43. The molecule has 0 radical (unpaired) electrons. The van der Waals surface area contributed by atoms with Crippen LogP contribution in [0.25, 0.3) is 0 Å². The molecule has 2 aromatic rings. The van der Waals surface area contributed by atoms with Gasteiger partial charge in [-0.05, 0) is 18.9 Å². The molecule has 32 heavy (non-hydrogen) atoms. The molecular weight excluding hydrogens is 420 g/mol. The van der Waals surface area contributed by atoms with Gasteiger partial charge in [0.1, 0.15) is 17.7 Å². The fourth-order valence-electron chi connectivity index (χ4n) is 3.75. The highest BCUT2D eigenvalue weighted by molar-refractivity contribution is 6.01. The lowest BCUT2D eigenvalue weighted by atomic mass is 9.86. The first kappa shape index (κ1) is 23.0. The van der Waals surface area contributed by atoms with Crippen LogP contribution >= 0.6 is 0 Å². The van der Waals surface area contributed by atoms with Gasteiger partial charge in [0.05, 0.1) is 24.2 Å². The van der Waals surface area contributed by atoms with E-state index in [0.29, 0.717) is 0 Å². The summed E-state index contributed by atoms with van der Waals surface area (Å²) in [7, 11) is 1.34. The van der Waals surface area contributed by atoms with Crippen molar-refractivity contribution in [3.05, 3.63) is 63.7 Å². The van der Waals surface area contributed by atoms with Gasteiger partial charge in [-0.25, -0.2) is 4.79 Å². The van der Waals surface area contributed by atoms with E-state index >= 15 is 0 Å². The Bertz CT molecular complexity index is 1030. The first-order chi connectivity index (χ1) is 15.2. The molecule has 1 saturated heterocycles. The highest BCUT2D eigenvalue weighted by Gasteiger charge is 2.48. The van der Waals surface area contributed by atoms with Crippen molar-refractivity contribution in [2.45, 2.75) is 38.0 Å². The number of aliphatic carboxylic acids is 1. The summed E-state index contributed by atoms with van der Waals surface area (Å²) in [5.41, 5.74) is -1.72. The molecule has 0 aromatic heterocycles. The number of aliphatic hydroxyl groups excluding tert-OH is 1. The van der Waals surface area contributed by atoms with Crippen molar-refractivity contribution in [2.75, 3.05) is 13.7 Å². The predicted octanol–water partition coefficient (Wildman–Crippen LogP) is 2.62. The molecule has 0 saturated carbocycles. The van der Waals surface area contributed by atoms with Crippen molar-refractivity contribution < 1.29 is 34.2 Å². The Morgan fingerprint density at radius 3 is 2.53 bits per heavy atom. The number of nitro groups is 1. The normalized spacial score (nSPS) is 20.5. The molecule has 10 heteroatoms. The van der Waals surface area contributed by atoms with Crippen LogP contribution < -0.4 is 9.47 Å². The molecule has 2 aromatic carbocycles. The second-order valence-corrected chi connectivity index (χ2v) is 7.73. The summed E-state index contributed by atoms with van der Waals surface area (Å²) in [6.07, 6.45) is -0.909. The summed E-state index contributed by atoms with van der Waals surface area (Å²) in [5, 5.41) is 31.4. The molecule has 2 atom stereocenters. The van der Waals surface area contributed by atoms with Gasteiger partial charge >= 0.3 is 5.97 Å². The number of hydrogen-bond acceptors (Lipinski definition) is 7. The van der Waals surface area contributed by atoms with E-state index in [0.717, 1.165) is 16.5 Å². The summed E-state index contributed by atoms with van der Waals surface area (Å²) >= 11 is 0. The molecule has 1 aliphatic rings. The smallest absolute Gasteiger partial charge is 0.329 e. The Morgan fingerprint density at radius 2 is 1.94 bits per heavy atom. The maximum Gasteiger partial charge on any atom is 0.329 e. The monoisotopic (exact) mass is 444 g/mol. The Hall–Kier alpha value is -3.66. The largest absolute Gasteiger partial charge is 0.493 e. The van der Waals surface area contributed by atoms with E-state index in [1.165, 1.54) is 20.1 Å². The third-order valence-corrected chi connectivity index (χ3v) is 5.57. The van der Waals surface area contributed by atoms with Crippen LogP contribution in [0.5, 0.6) is 11.5 Å². The zero-order chi connectivity index (χ0) is 23.5. The maximum atomic E-state index is 13.3. The van der Waals surface area contributed by atoms with E-state index < -0.39 is 34.1 Å². The quantitative estimate of drug-likeness (QED) is 0.491. The Kier molecular flexibility index (Phi) is 6.64. The van der Waals surface area contributed by atoms with Gasteiger partial charge in [-0.15, -0.1) is 0 Å². The third-order valence-electron chi connectivity index (χ3n) is 5.57. The van der Waals surface area contributed by atoms with Crippen molar-refractivity contribution >= 4 is 17.6 Å². The van der Waals surface area contributed by atoms with Crippen LogP contribution in [-0.4, -0.2) is 57.2 Å². The number of carboxylic acid groups (broad SMARTS) is 1. The number of nitro benzene ring substituents is 1. The second kappa shape index (κ2) is 9.23. The number of ether oxygens (including phenoxy) is 2. The molecule has 10 nitrogen and oxygen atoms in total. The van der Waals surface area contributed by atoms with Gasteiger partial charge in [0.15, 0.2) is 11.5 Å². The second-order valence-electron chi connectivity index (χ2n) is 7.73. The molecule has 0 unspecified atom stereocenters. The van der Waals surface area contributed by atoms with E-state index in [1.54, 1.807) is 0 Å². The summed E-state index contributed by atoms with van der Waals surface area (Å²) in [5.74, 6) is -1.96. The molecule has 0 aliphatic carbocycles. The van der Waals surface area contributed by atoms with Crippen LogP contribution in [0.3, 0.4) is 0 Å². The van der Waals surface area contributed by atoms with E-state index in [4.69, 9.17) is 9.47 Å². The molecule has 0 spiro atoms. The number of carboxylic acids is 1. The molecule has 2 N–H and O–H groups in total. The number of amides is 1. The number of nitrogens with zero attached hydrogens (tertiary/aromatic N) is 2. The highest BCUT2D eigenvalue weighted by Crippen LogP contribution is 2.38.